The molecule has 6 nitrogen and oxygen atoms in total. The van der Waals surface area contributed by atoms with Crippen LogP contribution in [0.5, 0.6) is 0 Å². The molecule has 0 aromatic heterocycles. The van der Waals surface area contributed by atoms with Crippen LogP contribution in [-0.4, -0.2) is 41.2 Å². The molecule has 1 spiro atoms. The van der Waals surface area contributed by atoms with Crippen LogP contribution in [0.1, 0.15) is 20.3 Å². The van der Waals surface area contributed by atoms with E-state index in [1.807, 2.05) is 0 Å². The molecule has 0 aliphatic carbocycles. The number of carbonyl (C=O) groups is 3. The summed E-state index contributed by atoms with van der Waals surface area (Å²) in [5, 5.41) is 2.64. The molecule has 2 heterocycles. The monoisotopic (exact) mass is 239 g/mol. The molecule has 94 valence electrons. The molecule has 2 saturated heterocycles. The van der Waals surface area contributed by atoms with E-state index < -0.39 is 17.4 Å². The number of likely N-dealkylation sites (tertiary alicyclic amines) is 1. The lowest BCUT2D eigenvalue weighted by molar-refractivity contribution is -0.153. The van der Waals surface area contributed by atoms with Gasteiger partial charge in [-0.1, -0.05) is 13.8 Å². The lowest BCUT2D eigenvalue weighted by Crippen LogP contribution is -2.71. The third-order valence-electron chi connectivity index (χ3n) is 3.63. The van der Waals surface area contributed by atoms with Crippen molar-refractivity contribution in [2.75, 3.05) is 13.1 Å². The molecular weight excluding hydrogens is 222 g/mol. The maximum atomic E-state index is 12.1. The van der Waals surface area contributed by atoms with E-state index in [1.165, 1.54) is 4.90 Å². The lowest BCUT2D eigenvalue weighted by atomic mass is 9.85. The third-order valence-corrected chi connectivity index (χ3v) is 3.63. The predicted octanol–water partition coefficient (Wildman–Crippen LogP) is -1.16. The molecule has 3 amide bonds. The second-order valence-corrected chi connectivity index (χ2v) is 5.12. The summed E-state index contributed by atoms with van der Waals surface area (Å²) >= 11 is 0. The standard InChI is InChI=1S/C11H17N3O3/c1-6(2)9(16)14-4-7(8(12)15)3-11(14)5-13-10(11)17/h6-7H,3-5H2,1-2H3,(H2,12,15)(H,13,17)/t7-,11+/m0/s1. The van der Waals surface area contributed by atoms with Gasteiger partial charge in [0, 0.05) is 12.5 Å². The first-order chi connectivity index (χ1) is 7.88. The minimum Gasteiger partial charge on any atom is -0.369 e. The maximum Gasteiger partial charge on any atom is 0.247 e. The number of carbonyl (C=O) groups excluding carboxylic acids is 3. The highest BCUT2D eigenvalue weighted by molar-refractivity contribution is 5.98. The van der Waals surface area contributed by atoms with Crippen molar-refractivity contribution in [3.8, 4) is 0 Å². The topological polar surface area (TPSA) is 92.5 Å². The molecule has 17 heavy (non-hydrogen) atoms. The molecule has 3 N–H and O–H groups in total. The molecule has 0 aromatic rings. The van der Waals surface area contributed by atoms with Gasteiger partial charge in [0.05, 0.1) is 12.5 Å². The summed E-state index contributed by atoms with van der Waals surface area (Å²) in [4.78, 5) is 36.5. The maximum absolute atomic E-state index is 12.1. The zero-order valence-electron chi connectivity index (χ0n) is 10.0. The zero-order chi connectivity index (χ0) is 12.8. The van der Waals surface area contributed by atoms with E-state index in [2.05, 4.69) is 5.32 Å². The van der Waals surface area contributed by atoms with Crippen LogP contribution in [0.2, 0.25) is 0 Å². The Morgan fingerprint density at radius 2 is 2.18 bits per heavy atom. The molecule has 0 unspecified atom stereocenters. The van der Waals surface area contributed by atoms with Crippen LogP contribution in [0.3, 0.4) is 0 Å². The summed E-state index contributed by atoms with van der Waals surface area (Å²) in [5.74, 6) is -1.31. The highest BCUT2D eigenvalue weighted by Gasteiger charge is 2.59. The average molecular weight is 239 g/mol. The van der Waals surface area contributed by atoms with Crippen molar-refractivity contribution in [3.63, 3.8) is 0 Å². The van der Waals surface area contributed by atoms with E-state index in [4.69, 9.17) is 5.73 Å². The second-order valence-electron chi connectivity index (χ2n) is 5.12. The smallest absolute Gasteiger partial charge is 0.247 e. The van der Waals surface area contributed by atoms with E-state index in [0.717, 1.165) is 0 Å². The Hall–Kier alpha value is -1.59. The van der Waals surface area contributed by atoms with Crippen molar-refractivity contribution >= 4 is 17.7 Å². The Balaban J connectivity index is 2.26. The van der Waals surface area contributed by atoms with Gasteiger partial charge in [-0.2, -0.15) is 0 Å². The second kappa shape index (κ2) is 3.72. The van der Waals surface area contributed by atoms with Gasteiger partial charge in [0.15, 0.2) is 0 Å². The molecular formula is C11H17N3O3. The number of amides is 3. The number of rotatable bonds is 2. The highest BCUT2D eigenvalue weighted by Crippen LogP contribution is 2.38. The Bertz CT molecular complexity index is 393. The summed E-state index contributed by atoms with van der Waals surface area (Å²) in [5.41, 5.74) is 4.45. The summed E-state index contributed by atoms with van der Waals surface area (Å²) in [7, 11) is 0. The van der Waals surface area contributed by atoms with Gasteiger partial charge in [-0.15, -0.1) is 0 Å². The molecule has 2 aliphatic rings. The Kier molecular flexibility index (Phi) is 2.60. The molecule has 2 rings (SSSR count). The van der Waals surface area contributed by atoms with Crippen molar-refractivity contribution in [2.45, 2.75) is 25.8 Å². The van der Waals surface area contributed by atoms with Gasteiger partial charge in [-0.25, -0.2) is 0 Å². The number of nitrogens with one attached hydrogen (secondary N) is 1. The molecule has 2 fully saturated rings. The summed E-state index contributed by atoms with van der Waals surface area (Å²) < 4.78 is 0. The van der Waals surface area contributed by atoms with Crippen molar-refractivity contribution in [1.29, 1.82) is 0 Å². The SMILES string of the molecule is CC(C)C(=O)N1C[C@@H](C(N)=O)C[C@]12CNC2=O. The van der Waals surface area contributed by atoms with Crippen molar-refractivity contribution in [1.82, 2.24) is 10.2 Å². The van der Waals surface area contributed by atoms with Crippen molar-refractivity contribution in [3.05, 3.63) is 0 Å². The fraction of sp³-hybridized carbons (Fsp3) is 0.727. The number of primary amides is 1. The van der Waals surface area contributed by atoms with Crippen LogP contribution in [0.15, 0.2) is 0 Å². The van der Waals surface area contributed by atoms with Gasteiger partial charge in [0.1, 0.15) is 5.54 Å². The van der Waals surface area contributed by atoms with E-state index >= 15 is 0 Å². The van der Waals surface area contributed by atoms with E-state index in [9.17, 15) is 14.4 Å². The Morgan fingerprint density at radius 1 is 1.53 bits per heavy atom. The summed E-state index contributed by atoms with van der Waals surface area (Å²) in [6.07, 6.45) is 0.354. The van der Waals surface area contributed by atoms with Crippen molar-refractivity contribution in [2.24, 2.45) is 17.6 Å². The largest absolute Gasteiger partial charge is 0.369 e. The van der Waals surface area contributed by atoms with Crippen LogP contribution in [0, 0.1) is 11.8 Å². The van der Waals surface area contributed by atoms with Gasteiger partial charge in [-0.3, -0.25) is 14.4 Å². The van der Waals surface area contributed by atoms with E-state index in [-0.39, 0.29) is 24.3 Å². The Morgan fingerprint density at radius 3 is 2.53 bits per heavy atom. The Labute approximate surface area is 99.5 Å². The minimum atomic E-state index is -0.818. The molecule has 2 aliphatic heterocycles. The third kappa shape index (κ3) is 1.59. The summed E-state index contributed by atoms with van der Waals surface area (Å²) in [6.45, 7) is 4.25. The fourth-order valence-corrected chi connectivity index (χ4v) is 2.53. The number of β-lactam (4-membered cyclic amide) rings is 1. The van der Waals surface area contributed by atoms with Gasteiger partial charge in [-0.05, 0) is 6.42 Å². The fourth-order valence-electron chi connectivity index (χ4n) is 2.53. The van der Waals surface area contributed by atoms with Crippen molar-refractivity contribution < 1.29 is 14.4 Å². The highest BCUT2D eigenvalue weighted by atomic mass is 16.2. The van der Waals surface area contributed by atoms with Gasteiger partial charge in [0.25, 0.3) is 0 Å². The van der Waals surface area contributed by atoms with E-state index in [1.54, 1.807) is 13.8 Å². The van der Waals surface area contributed by atoms with Crippen LogP contribution >= 0.6 is 0 Å². The molecule has 0 bridgehead atoms. The van der Waals surface area contributed by atoms with Crippen LogP contribution in [-0.2, 0) is 14.4 Å². The first-order valence-corrected chi connectivity index (χ1v) is 5.77. The summed E-state index contributed by atoms with van der Waals surface area (Å²) in [6, 6.07) is 0. The van der Waals surface area contributed by atoms with Gasteiger partial charge in [0.2, 0.25) is 17.7 Å². The molecule has 0 saturated carbocycles. The average Bonchev–Trinajstić information content (AvgIpc) is 2.68. The number of nitrogens with zero attached hydrogens (tertiary/aromatic N) is 1. The predicted molar refractivity (Wildman–Crippen MR) is 59.6 cm³/mol. The van der Waals surface area contributed by atoms with Crippen LogP contribution < -0.4 is 11.1 Å². The molecule has 2 atom stereocenters. The number of hydrogen-bond acceptors (Lipinski definition) is 3. The van der Waals surface area contributed by atoms with Gasteiger partial charge < -0.3 is 16.0 Å². The van der Waals surface area contributed by atoms with Crippen LogP contribution in [0.25, 0.3) is 0 Å². The molecule has 6 heteroatoms. The minimum absolute atomic E-state index is 0.0939. The lowest BCUT2D eigenvalue weighted by Gasteiger charge is -2.44. The normalized spacial score (nSPS) is 31.6. The van der Waals surface area contributed by atoms with Crippen LogP contribution in [0.4, 0.5) is 0 Å². The van der Waals surface area contributed by atoms with E-state index in [0.29, 0.717) is 13.0 Å². The number of hydrogen-bond donors (Lipinski definition) is 2. The first kappa shape index (κ1) is 11.9. The molecule has 0 radical (unpaired) electrons. The first-order valence-electron chi connectivity index (χ1n) is 5.77. The zero-order valence-corrected chi connectivity index (χ0v) is 10.0. The quantitative estimate of drug-likeness (QED) is 0.596. The molecule has 0 aromatic carbocycles. The van der Waals surface area contributed by atoms with Gasteiger partial charge >= 0.3 is 0 Å². The number of nitrogens with two attached hydrogens (primary N) is 1.